The molecule has 0 aliphatic heterocycles. The predicted molar refractivity (Wildman–Crippen MR) is 73.3 cm³/mol. The molecule has 0 aliphatic carbocycles. The molecule has 2 aromatic rings. The summed E-state index contributed by atoms with van der Waals surface area (Å²) in [4.78, 5) is 2.85. The fraction of sp³-hybridized carbons (Fsp3) is 0.0769. The summed E-state index contributed by atoms with van der Waals surface area (Å²) in [5, 5.41) is 3.71. The van der Waals surface area contributed by atoms with E-state index in [2.05, 4.69) is 10.0 Å². The summed E-state index contributed by atoms with van der Waals surface area (Å²) < 4.78 is 7.51. The number of para-hydroxylation sites is 1. The first-order valence-electron chi connectivity index (χ1n) is 5.30. The molecule has 0 spiro atoms. The molecule has 0 aromatic heterocycles. The number of rotatable bonds is 4. The number of hydrogen-bond donors (Lipinski definition) is 0. The van der Waals surface area contributed by atoms with Gasteiger partial charge in [-0.1, -0.05) is 0 Å². The van der Waals surface area contributed by atoms with Gasteiger partial charge in [0.05, 0.1) is 0 Å². The fourth-order valence-corrected chi connectivity index (χ4v) is 3.58. The van der Waals surface area contributed by atoms with Gasteiger partial charge in [-0.05, 0) is 0 Å². The van der Waals surface area contributed by atoms with Crippen LogP contribution >= 0.6 is 0 Å². The Morgan fingerprint density at radius 1 is 1.06 bits per heavy atom. The van der Waals surface area contributed by atoms with E-state index in [1.54, 1.807) is 7.11 Å². The number of ether oxygens (including phenoxy) is 1. The topological polar surface area (TPSA) is 58.0 Å². The first kappa shape index (κ1) is 12.5. The van der Waals surface area contributed by atoms with Crippen molar-refractivity contribution in [2.45, 2.75) is 0 Å². The summed E-state index contributed by atoms with van der Waals surface area (Å²) in [5.41, 5.74) is 9.24. The third kappa shape index (κ3) is 2.84. The van der Waals surface area contributed by atoms with Crippen molar-refractivity contribution in [1.29, 1.82) is 0 Å². The molecule has 18 heavy (non-hydrogen) atoms. The zero-order valence-corrected chi connectivity index (χ0v) is 11.5. The van der Waals surface area contributed by atoms with Gasteiger partial charge < -0.3 is 0 Å². The van der Waals surface area contributed by atoms with Crippen molar-refractivity contribution >= 4 is 29.6 Å². The molecule has 0 saturated heterocycles. The van der Waals surface area contributed by atoms with Crippen LogP contribution in [0.3, 0.4) is 0 Å². The van der Waals surface area contributed by atoms with Gasteiger partial charge in [-0.2, -0.15) is 0 Å². The van der Waals surface area contributed by atoms with E-state index in [0.29, 0.717) is 5.69 Å². The third-order valence-electron chi connectivity index (χ3n) is 2.31. The molecule has 0 heterocycles. The summed E-state index contributed by atoms with van der Waals surface area (Å²) in [6.45, 7) is 0. The molecular weight excluding hydrogens is 293 g/mol. The standard InChI is InChI=1S/C13H11N3OSe/c1-17-11-7-3-5-9-13(11)18-12-8-4-2-6-10(12)15-16-14/h2-9H,1H3. The maximum atomic E-state index is 8.55. The van der Waals surface area contributed by atoms with Gasteiger partial charge in [-0.3, -0.25) is 0 Å². The van der Waals surface area contributed by atoms with E-state index >= 15 is 0 Å². The molecule has 5 heteroatoms. The fourth-order valence-electron chi connectivity index (χ4n) is 1.50. The molecule has 2 rings (SSSR count). The Morgan fingerprint density at radius 3 is 2.44 bits per heavy atom. The van der Waals surface area contributed by atoms with Crippen LogP contribution in [-0.2, 0) is 0 Å². The Balaban J connectivity index is 2.36. The number of azide groups is 1. The van der Waals surface area contributed by atoms with Crippen LogP contribution < -0.4 is 13.7 Å². The van der Waals surface area contributed by atoms with E-state index < -0.39 is 0 Å². The van der Waals surface area contributed by atoms with E-state index in [4.69, 9.17) is 10.3 Å². The van der Waals surface area contributed by atoms with Crippen molar-refractivity contribution in [2.24, 2.45) is 5.11 Å². The van der Waals surface area contributed by atoms with Gasteiger partial charge in [-0.15, -0.1) is 0 Å². The molecular formula is C13H11N3OSe. The van der Waals surface area contributed by atoms with Crippen molar-refractivity contribution in [3.63, 3.8) is 0 Å². The number of benzene rings is 2. The van der Waals surface area contributed by atoms with Gasteiger partial charge in [0, 0.05) is 0 Å². The van der Waals surface area contributed by atoms with Crippen LogP contribution in [0.1, 0.15) is 0 Å². The zero-order chi connectivity index (χ0) is 12.8. The minimum atomic E-state index is 0.0530. The summed E-state index contributed by atoms with van der Waals surface area (Å²) in [6.07, 6.45) is 0. The molecule has 0 amide bonds. The second kappa shape index (κ2) is 6.12. The van der Waals surface area contributed by atoms with E-state index in [9.17, 15) is 0 Å². The Bertz CT molecular complexity index is 594. The molecule has 2 aromatic carbocycles. The SMILES string of the molecule is COc1ccccc1[Se]c1ccccc1N=[N+]=[N-]. The van der Waals surface area contributed by atoms with Crippen LogP contribution in [0.25, 0.3) is 10.4 Å². The predicted octanol–water partition coefficient (Wildman–Crippen LogP) is 2.29. The molecule has 0 radical (unpaired) electrons. The molecule has 0 bridgehead atoms. The second-order valence-corrected chi connectivity index (χ2v) is 5.68. The van der Waals surface area contributed by atoms with Crippen molar-refractivity contribution < 1.29 is 4.74 Å². The number of methoxy groups -OCH3 is 1. The number of nitrogens with zero attached hydrogens (tertiary/aromatic N) is 3. The van der Waals surface area contributed by atoms with Crippen LogP contribution in [0.15, 0.2) is 53.6 Å². The maximum absolute atomic E-state index is 8.55. The average molecular weight is 304 g/mol. The molecule has 90 valence electrons. The molecule has 4 nitrogen and oxygen atoms in total. The van der Waals surface area contributed by atoms with Crippen molar-refractivity contribution in [1.82, 2.24) is 0 Å². The Morgan fingerprint density at radius 2 is 1.72 bits per heavy atom. The monoisotopic (exact) mass is 305 g/mol. The zero-order valence-electron chi connectivity index (χ0n) is 9.78. The Kier molecular flexibility index (Phi) is 4.26. The molecule has 0 unspecified atom stereocenters. The number of hydrogen-bond acceptors (Lipinski definition) is 2. The molecule has 0 fully saturated rings. The molecule has 0 N–H and O–H groups in total. The summed E-state index contributed by atoms with van der Waals surface area (Å²) in [6, 6.07) is 15.5. The normalized spacial score (nSPS) is 9.61. The van der Waals surface area contributed by atoms with Gasteiger partial charge in [0.2, 0.25) is 0 Å². The van der Waals surface area contributed by atoms with Gasteiger partial charge in [0.25, 0.3) is 0 Å². The average Bonchev–Trinajstić information content (AvgIpc) is 2.42. The minimum absolute atomic E-state index is 0.0530. The Hall–Kier alpha value is -1.93. The van der Waals surface area contributed by atoms with Crippen LogP contribution in [0.2, 0.25) is 0 Å². The van der Waals surface area contributed by atoms with Gasteiger partial charge in [0.1, 0.15) is 0 Å². The van der Waals surface area contributed by atoms with Crippen LogP contribution in [0.5, 0.6) is 5.75 Å². The van der Waals surface area contributed by atoms with Gasteiger partial charge >= 0.3 is 111 Å². The summed E-state index contributed by atoms with van der Waals surface area (Å²) in [5.74, 6) is 0.869. The van der Waals surface area contributed by atoms with Crippen LogP contribution in [0.4, 0.5) is 5.69 Å². The summed E-state index contributed by atoms with van der Waals surface area (Å²) >= 11 is 0.0530. The van der Waals surface area contributed by atoms with E-state index in [1.807, 2.05) is 48.5 Å². The van der Waals surface area contributed by atoms with Gasteiger partial charge in [-0.25, -0.2) is 0 Å². The first-order valence-corrected chi connectivity index (χ1v) is 7.01. The van der Waals surface area contributed by atoms with E-state index in [-0.39, 0.29) is 15.0 Å². The van der Waals surface area contributed by atoms with Crippen molar-refractivity contribution in [3.8, 4) is 5.75 Å². The van der Waals surface area contributed by atoms with Crippen LogP contribution in [-0.4, -0.2) is 22.1 Å². The molecule has 0 atom stereocenters. The summed E-state index contributed by atoms with van der Waals surface area (Å²) in [7, 11) is 1.66. The van der Waals surface area contributed by atoms with Crippen LogP contribution in [0, 0.1) is 0 Å². The van der Waals surface area contributed by atoms with E-state index in [0.717, 1.165) is 14.7 Å². The molecule has 0 aliphatic rings. The Labute approximate surface area is 111 Å². The van der Waals surface area contributed by atoms with Crippen molar-refractivity contribution in [3.05, 3.63) is 59.0 Å². The quantitative estimate of drug-likeness (QED) is 0.370. The molecule has 0 saturated carbocycles. The third-order valence-corrected chi connectivity index (χ3v) is 4.66. The van der Waals surface area contributed by atoms with Gasteiger partial charge in [0.15, 0.2) is 0 Å². The first-order chi connectivity index (χ1) is 8.85. The second-order valence-electron chi connectivity index (χ2n) is 3.41. The van der Waals surface area contributed by atoms with E-state index in [1.165, 1.54) is 0 Å². The van der Waals surface area contributed by atoms with Crippen molar-refractivity contribution in [2.75, 3.05) is 7.11 Å².